The Hall–Kier alpha value is -3.61. The number of carbonyl (C=O) groups excluding carboxylic acids is 1. The summed E-state index contributed by atoms with van der Waals surface area (Å²) in [6.07, 6.45) is 5.07. The molecule has 4 rings (SSSR count). The first-order valence-corrected chi connectivity index (χ1v) is 8.02. The first-order valence-electron chi connectivity index (χ1n) is 8.02. The fourth-order valence-electron chi connectivity index (χ4n) is 2.80. The molecule has 0 aliphatic carbocycles. The van der Waals surface area contributed by atoms with Gasteiger partial charge in [0.05, 0.1) is 24.7 Å². The van der Waals surface area contributed by atoms with Crippen LogP contribution in [0.25, 0.3) is 22.4 Å². The molecule has 128 valence electrons. The summed E-state index contributed by atoms with van der Waals surface area (Å²) in [5.74, 6) is 0.182. The van der Waals surface area contributed by atoms with Crippen LogP contribution >= 0.6 is 0 Å². The Kier molecular flexibility index (Phi) is 4.10. The van der Waals surface area contributed by atoms with Gasteiger partial charge in [0.1, 0.15) is 12.0 Å². The highest BCUT2D eigenvalue weighted by molar-refractivity contribution is 6.04. The van der Waals surface area contributed by atoms with Gasteiger partial charge in [0.15, 0.2) is 5.82 Å². The van der Waals surface area contributed by atoms with Gasteiger partial charge in [-0.15, -0.1) is 5.10 Å². The van der Waals surface area contributed by atoms with Crippen LogP contribution < -0.4 is 0 Å². The van der Waals surface area contributed by atoms with Crippen molar-refractivity contribution in [3.8, 4) is 11.5 Å². The Morgan fingerprint density at radius 1 is 1.04 bits per heavy atom. The van der Waals surface area contributed by atoms with Crippen LogP contribution in [-0.2, 0) is 11.3 Å². The highest BCUT2D eigenvalue weighted by Crippen LogP contribution is 2.22. The van der Waals surface area contributed by atoms with Crippen LogP contribution in [0.5, 0.6) is 0 Å². The molecule has 7 heteroatoms. The van der Waals surface area contributed by atoms with Crippen molar-refractivity contribution in [2.75, 3.05) is 7.11 Å². The Balaban J connectivity index is 1.70. The van der Waals surface area contributed by atoms with Crippen LogP contribution in [0.4, 0.5) is 0 Å². The monoisotopic (exact) mass is 345 g/mol. The smallest absolute Gasteiger partial charge is 0.338 e. The number of rotatable bonds is 4. The summed E-state index contributed by atoms with van der Waals surface area (Å²) in [5, 5.41) is 5.23. The molecular weight excluding hydrogens is 330 g/mol. The number of aromatic nitrogens is 5. The van der Waals surface area contributed by atoms with E-state index in [4.69, 9.17) is 4.74 Å². The van der Waals surface area contributed by atoms with Gasteiger partial charge >= 0.3 is 5.97 Å². The maximum atomic E-state index is 12.0. The molecular formula is C19H15N5O2. The number of carbonyl (C=O) groups is 1. The number of benzene rings is 1. The van der Waals surface area contributed by atoms with Crippen molar-refractivity contribution in [1.82, 2.24) is 24.7 Å². The van der Waals surface area contributed by atoms with Crippen LogP contribution in [0.1, 0.15) is 15.9 Å². The molecule has 0 N–H and O–H groups in total. The van der Waals surface area contributed by atoms with E-state index in [0.717, 1.165) is 22.2 Å². The Labute approximate surface area is 149 Å². The van der Waals surface area contributed by atoms with Gasteiger partial charge in [-0.3, -0.25) is 9.97 Å². The lowest BCUT2D eigenvalue weighted by Gasteiger charge is -2.09. The molecule has 0 radical (unpaired) electrons. The predicted molar refractivity (Wildman–Crippen MR) is 95.4 cm³/mol. The molecule has 0 unspecified atom stereocenters. The number of esters is 1. The van der Waals surface area contributed by atoms with E-state index in [-0.39, 0.29) is 5.97 Å². The Morgan fingerprint density at radius 2 is 1.92 bits per heavy atom. The molecule has 0 saturated carbocycles. The summed E-state index contributed by atoms with van der Waals surface area (Å²) in [5.41, 5.74) is 2.89. The lowest BCUT2D eigenvalue weighted by Crippen LogP contribution is -2.06. The van der Waals surface area contributed by atoms with Crippen LogP contribution in [0, 0.1) is 0 Å². The topological polar surface area (TPSA) is 82.8 Å². The van der Waals surface area contributed by atoms with Crippen molar-refractivity contribution in [2.24, 2.45) is 0 Å². The maximum Gasteiger partial charge on any atom is 0.338 e. The van der Waals surface area contributed by atoms with E-state index in [1.54, 1.807) is 35.5 Å². The zero-order valence-corrected chi connectivity index (χ0v) is 14.0. The summed E-state index contributed by atoms with van der Waals surface area (Å²) < 4.78 is 6.58. The second-order valence-electron chi connectivity index (χ2n) is 5.64. The Bertz CT molecular complexity index is 1080. The first-order chi connectivity index (χ1) is 12.8. The predicted octanol–water partition coefficient (Wildman–Crippen LogP) is 2.72. The van der Waals surface area contributed by atoms with Gasteiger partial charge in [-0.05, 0) is 29.8 Å². The molecule has 0 amide bonds. The highest BCUT2D eigenvalue weighted by atomic mass is 16.5. The van der Waals surface area contributed by atoms with Gasteiger partial charge in [0.2, 0.25) is 0 Å². The molecule has 3 aromatic heterocycles. The lowest BCUT2D eigenvalue weighted by molar-refractivity contribution is 0.0603. The first kappa shape index (κ1) is 15.9. The summed E-state index contributed by atoms with van der Waals surface area (Å²) in [7, 11) is 1.37. The molecule has 0 saturated heterocycles. The third-order valence-corrected chi connectivity index (χ3v) is 4.02. The van der Waals surface area contributed by atoms with Gasteiger partial charge in [0, 0.05) is 17.8 Å². The van der Waals surface area contributed by atoms with E-state index in [1.165, 1.54) is 7.11 Å². The average molecular weight is 345 g/mol. The molecule has 0 bridgehead atoms. The molecule has 0 aliphatic heterocycles. The molecule has 0 spiro atoms. The molecule has 4 aromatic rings. The zero-order valence-electron chi connectivity index (χ0n) is 14.0. The van der Waals surface area contributed by atoms with Gasteiger partial charge in [-0.2, -0.15) is 0 Å². The quantitative estimate of drug-likeness (QED) is 0.529. The number of fused-ring (bicyclic) bond motifs is 1. The number of methoxy groups -OCH3 is 1. The van der Waals surface area contributed by atoms with Crippen molar-refractivity contribution in [2.45, 2.75) is 6.54 Å². The van der Waals surface area contributed by atoms with E-state index < -0.39 is 0 Å². The van der Waals surface area contributed by atoms with Crippen molar-refractivity contribution in [3.05, 3.63) is 72.3 Å². The number of nitrogens with zero attached hydrogens (tertiary/aromatic N) is 5. The third-order valence-electron chi connectivity index (χ3n) is 4.02. The minimum absolute atomic E-state index is 0.382. The van der Waals surface area contributed by atoms with E-state index in [1.807, 2.05) is 30.3 Å². The number of hydrogen-bond acceptors (Lipinski definition) is 6. The molecule has 0 aliphatic rings. The largest absolute Gasteiger partial charge is 0.465 e. The molecule has 1 aromatic carbocycles. The van der Waals surface area contributed by atoms with E-state index in [0.29, 0.717) is 17.9 Å². The van der Waals surface area contributed by atoms with Crippen molar-refractivity contribution in [1.29, 1.82) is 0 Å². The average Bonchev–Trinajstić information content (AvgIpc) is 3.17. The van der Waals surface area contributed by atoms with Gasteiger partial charge in [-0.1, -0.05) is 18.2 Å². The minimum Gasteiger partial charge on any atom is -0.465 e. The lowest BCUT2D eigenvalue weighted by atomic mass is 10.0. The zero-order chi connectivity index (χ0) is 17.9. The molecule has 0 atom stereocenters. The van der Waals surface area contributed by atoms with Crippen molar-refractivity contribution >= 4 is 16.9 Å². The van der Waals surface area contributed by atoms with E-state index in [9.17, 15) is 4.79 Å². The summed E-state index contributed by atoms with van der Waals surface area (Å²) in [6.45, 7) is 0.481. The fourth-order valence-corrected chi connectivity index (χ4v) is 2.80. The normalized spacial score (nSPS) is 10.8. The fraction of sp³-hybridized carbons (Fsp3) is 0.105. The molecule has 7 nitrogen and oxygen atoms in total. The van der Waals surface area contributed by atoms with Gasteiger partial charge < -0.3 is 4.74 Å². The standard InChI is InChI=1S/C19H15N5O2/c1-26-19(25)15-8-7-13(17-14(15)5-4-10-21-17)11-24-12-22-18(23-24)16-6-2-3-9-20-16/h2-10,12H,11H2,1H3. The van der Waals surface area contributed by atoms with E-state index in [2.05, 4.69) is 20.1 Å². The second-order valence-corrected chi connectivity index (χ2v) is 5.64. The summed E-state index contributed by atoms with van der Waals surface area (Å²) >= 11 is 0. The van der Waals surface area contributed by atoms with Crippen LogP contribution in [0.3, 0.4) is 0 Å². The minimum atomic E-state index is -0.382. The van der Waals surface area contributed by atoms with Gasteiger partial charge in [-0.25, -0.2) is 14.5 Å². The second kappa shape index (κ2) is 6.72. The maximum absolute atomic E-state index is 12.0. The summed E-state index contributed by atoms with van der Waals surface area (Å²) in [6, 6.07) is 12.9. The van der Waals surface area contributed by atoms with Gasteiger partial charge in [0.25, 0.3) is 0 Å². The summed E-state index contributed by atoms with van der Waals surface area (Å²) in [4.78, 5) is 25.0. The number of ether oxygens (including phenoxy) is 1. The Morgan fingerprint density at radius 3 is 2.73 bits per heavy atom. The van der Waals surface area contributed by atoms with Crippen LogP contribution in [0.2, 0.25) is 0 Å². The highest BCUT2D eigenvalue weighted by Gasteiger charge is 2.14. The number of hydrogen-bond donors (Lipinski definition) is 0. The van der Waals surface area contributed by atoms with Crippen LogP contribution in [0.15, 0.2) is 61.2 Å². The third kappa shape index (κ3) is 2.90. The van der Waals surface area contributed by atoms with E-state index >= 15 is 0 Å². The molecule has 26 heavy (non-hydrogen) atoms. The van der Waals surface area contributed by atoms with Crippen molar-refractivity contribution < 1.29 is 9.53 Å². The van der Waals surface area contributed by atoms with Crippen LogP contribution in [-0.4, -0.2) is 37.8 Å². The van der Waals surface area contributed by atoms with Crippen molar-refractivity contribution in [3.63, 3.8) is 0 Å². The number of pyridine rings is 2. The SMILES string of the molecule is COC(=O)c1ccc(Cn2cnc(-c3ccccn3)n2)c2ncccc12. The molecule has 0 fully saturated rings. The molecule has 3 heterocycles.